The maximum atomic E-state index is 13.3. The Hall–Kier alpha value is -1.91. The first-order valence-electron chi connectivity index (χ1n) is 5.63. The van der Waals surface area contributed by atoms with E-state index in [0.717, 1.165) is 11.0 Å². The first-order chi connectivity index (χ1) is 9.52. The lowest BCUT2D eigenvalue weighted by Crippen LogP contribution is -2.29. The normalized spacial score (nSPS) is 13.8. The molecule has 0 unspecified atom stereocenters. The summed E-state index contributed by atoms with van der Waals surface area (Å²) in [5, 5.41) is -0.484. The van der Waals surface area contributed by atoms with E-state index >= 15 is 0 Å². The number of hydrogen-bond acceptors (Lipinski definition) is 2. The molecule has 0 saturated carbocycles. The molecule has 2 aromatic carbocycles. The molecule has 0 aliphatic carbocycles. The van der Waals surface area contributed by atoms with Crippen LogP contribution in [0.15, 0.2) is 36.4 Å². The molecule has 3 nitrogen and oxygen atoms in total. The quantitative estimate of drug-likeness (QED) is 0.591. The van der Waals surface area contributed by atoms with E-state index in [9.17, 15) is 14.0 Å². The number of amides is 2. The Kier molecular flexibility index (Phi) is 3.00. The van der Waals surface area contributed by atoms with Crippen molar-refractivity contribution in [3.8, 4) is 0 Å². The number of carbonyl (C=O) groups is 2. The number of fused-ring (bicyclic) bond motifs is 1. The second-order valence-corrected chi connectivity index (χ2v) is 4.94. The summed E-state index contributed by atoms with van der Waals surface area (Å²) in [6, 6.07) is 8.74. The Morgan fingerprint density at radius 1 is 0.850 bits per heavy atom. The Labute approximate surface area is 123 Å². The molecule has 100 valence electrons. The van der Waals surface area contributed by atoms with Crippen LogP contribution in [0.2, 0.25) is 10.0 Å². The fourth-order valence-corrected chi connectivity index (χ4v) is 2.49. The Morgan fingerprint density at radius 3 is 1.95 bits per heavy atom. The van der Waals surface area contributed by atoms with Crippen LogP contribution in [0.5, 0.6) is 0 Å². The number of benzene rings is 2. The van der Waals surface area contributed by atoms with Crippen LogP contribution in [0.3, 0.4) is 0 Å². The zero-order valence-electron chi connectivity index (χ0n) is 9.86. The van der Waals surface area contributed by atoms with Gasteiger partial charge in [0, 0.05) is 0 Å². The van der Waals surface area contributed by atoms with Crippen molar-refractivity contribution in [2.24, 2.45) is 0 Å². The largest absolute Gasteiger partial charge is 0.268 e. The molecule has 2 aromatic rings. The topological polar surface area (TPSA) is 37.4 Å². The van der Waals surface area contributed by atoms with Crippen molar-refractivity contribution in [2.45, 2.75) is 0 Å². The summed E-state index contributed by atoms with van der Waals surface area (Å²) in [4.78, 5) is 25.4. The zero-order chi connectivity index (χ0) is 14.4. The lowest BCUT2D eigenvalue weighted by atomic mass is 10.1. The average Bonchev–Trinajstić information content (AvgIpc) is 2.70. The molecule has 20 heavy (non-hydrogen) atoms. The summed E-state index contributed by atoms with van der Waals surface area (Å²) in [7, 11) is 0. The van der Waals surface area contributed by atoms with Gasteiger partial charge in [-0.15, -0.1) is 0 Å². The third-order valence-corrected chi connectivity index (χ3v) is 3.90. The van der Waals surface area contributed by atoms with Gasteiger partial charge in [0.05, 0.1) is 26.9 Å². The Bertz CT molecular complexity index is 726. The summed E-state index contributed by atoms with van der Waals surface area (Å²) in [6.07, 6.45) is 0. The molecular weight excluding hydrogens is 304 g/mol. The second-order valence-electron chi connectivity index (χ2n) is 4.19. The second kappa shape index (κ2) is 4.58. The zero-order valence-corrected chi connectivity index (χ0v) is 11.4. The van der Waals surface area contributed by atoms with Crippen LogP contribution in [0, 0.1) is 5.82 Å². The van der Waals surface area contributed by atoms with Crippen LogP contribution in [-0.2, 0) is 0 Å². The van der Waals surface area contributed by atoms with Gasteiger partial charge in [-0.3, -0.25) is 9.59 Å². The minimum atomic E-state index is -0.711. The Morgan fingerprint density at radius 2 is 1.40 bits per heavy atom. The smallest absolute Gasteiger partial charge is 0.266 e. The number of rotatable bonds is 1. The molecule has 1 aliphatic heterocycles. The molecule has 0 radical (unpaired) electrons. The molecule has 2 amide bonds. The summed E-state index contributed by atoms with van der Waals surface area (Å²) >= 11 is 11.6. The highest BCUT2D eigenvalue weighted by Gasteiger charge is 2.37. The number of imide groups is 1. The van der Waals surface area contributed by atoms with Crippen molar-refractivity contribution in [3.63, 3.8) is 0 Å². The third-order valence-electron chi connectivity index (χ3n) is 3.05. The van der Waals surface area contributed by atoms with Gasteiger partial charge in [0.1, 0.15) is 5.82 Å². The van der Waals surface area contributed by atoms with E-state index in [2.05, 4.69) is 0 Å². The van der Waals surface area contributed by atoms with Gasteiger partial charge in [-0.1, -0.05) is 35.3 Å². The van der Waals surface area contributed by atoms with Crippen LogP contribution in [0.25, 0.3) is 0 Å². The number of halogens is 3. The first kappa shape index (κ1) is 13.1. The van der Waals surface area contributed by atoms with Crippen molar-refractivity contribution in [1.29, 1.82) is 0 Å². The highest BCUT2D eigenvalue weighted by Crippen LogP contribution is 2.38. The van der Waals surface area contributed by atoms with Gasteiger partial charge in [0.15, 0.2) is 0 Å². The van der Waals surface area contributed by atoms with Gasteiger partial charge in [-0.2, -0.15) is 0 Å². The van der Waals surface area contributed by atoms with Gasteiger partial charge in [0.2, 0.25) is 0 Å². The number of hydrogen-bond donors (Lipinski definition) is 0. The van der Waals surface area contributed by atoms with E-state index in [1.807, 2.05) is 0 Å². The van der Waals surface area contributed by atoms with Crippen molar-refractivity contribution >= 4 is 40.7 Å². The summed E-state index contributed by atoms with van der Waals surface area (Å²) < 4.78 is 13.3. The first-order valence-corrected chi connectivity index (χ1v) is 6.39. The number of nitrogens with zero attached hydrogens (tertiary/aromatic N) is 1. The molecule has 0 N–H and O–H groups in total. The van der Waals surface area contributed by atoms with Gasteiger partial charge in [-0.05, 0) is 24.3 Å². The highest BCUT2D eigenvalue weighted by molar-refractivity contribution is 6.46. The molecular formula is C14H6Cl2FNO2. The molecule has 0 saturated heterocycles. The fourth-order valence-electron chi connectivity index (χ4n) is 2.10. The predicted molar refractivity (Wildman–Crippen MR) is 74.0 cm³/mol. The molecule has 0 spiro atoms. The van der Waals surface area contributed by atoms with Crippen molar-refractivity contribution < 1.29 is 14.0 Å². The SMILES string of the molecule is O=C1c2ccccc2C(=O)N1c1ccc(F)c(Cl)c1Cl. The average molecular weight is 310 g/mol. The molecule has 1 aliphatic rings. The van der Waals surface area contributed by atoms with Crippen LogP contribution in [-0.4, -0.2) is 11.8 Å². The molecule has 0 fully saturated rings. The van der Waals surface area contributed by atoms with Crippen molar-refractivity contribution in [3.05, 3.63) is 63.4 Å². The summed E-state index contributed by atoms with van der Waals surface area (Å²) in [6.45, 7) is 0. The summed E-state index contributed by atoms with van der Waals surface area (Å²) in [5.41, 5.74) is 0.646. The number of anilines is 1. The molecule has 3 rings (SSSR count). The molecule has 0 aromatic heterocycles. The van der Waals surface area contributed by atoms with Crippen LogP contribution >= 0.6 is 23.2 Å². The van der Waals surface area contributed by atoms with Crippen LogP contribution in [0.4, 0.5) is 10.1 Å². The van der Waals surface area contributed by atoms with E-state index < -0.39 is 17.6 Å². The molecule has 0 atom stereocenters. The summed E-state index contributed by atoms with van der Waals surface area (Å²) in [5.74, 6) is -1.72. The lowest BCUT2D eigenvalue weighted by Gasteiger charge is -2.16. The van der Waals surface area contributed by atoms with Crippen molar-refractivity contribution in [2.75, 3.05) is 4.90 Å². The van der Waals surface area contributed by atoms with E-state index in [4.69, 9.17) is 23.2 Å². The van der Waals surface area contributed by atoms with Gasteiger partial charge in [0.25, 0.3) is 11.8 Å². The predicted octanol–water partition coefficient (Wildman–Crippen LogP) is 3.93. The van der Waals surface area contributed by atoms with Gasteiger partial charge < -0.3 is 0 Å². The van der Waals surface area contributed by atoms with E-state index in [-0.39, 0.29) is 26.9 Å². The molecule has 1 heterocycles. The van der Waals surface area contributed by atoms with E-state index in [1.165, 1.54) is 6.07 Å². The van der Waals surface area contributed by atoms with Crippen LogP contribution < -0.4 is 4.90 Å². The molecule has 0 bridgehead atoms. The highest BCUT2D eigenvalue weighted by atomic mass is 35.5. The van der Waals surface area contributed by atoms with Gasteiger partial charge in [-0.25, -0.2) is 9.29 Å². The molecule has 6 heteroatoms. The maximum Gasteiger partial charge on any atom is 0.266 e. The standard InChI is InChI=1S/C14H6Cl2FNO2/c15-11-9(17)5-6-10(12(11)16)18-13(19)7-3-1-2-4-8(7)14(18)20/h1-6H. The fraction of sp³-hybridized carbons (Fsp3) is 0. The third kappa shape index (κ3) is 1.72. The van der Waals surface area contributed by atoms with E-state index in [1.54, 1.807) is 24.3 Å². The monoisotopic (exact) mass is 309 g/mol. The van der Waals surface area contributed by atoms with E-state index in [0.29, 0.717) is 0 Å². The Balaban J connectivity index is 2.17. The number of carbonyl (C=O) groups excluding carboxylic acids is 2. The maximum absolute atomic E-state index is 13.3. The van der Waals surface area contributed by atoms with Crippen molar-refractivity contribution in [1.82, 2.24) is 0 Å². The van der Waals surface area contributed by atoms with Crippen LogP contribution in [0.1, 0.15) is 20.7 Å². The minimum absolute atomic E-state index is 0.0734. The minimum Gasteiger partial charge on any atom is -0.268 e. The van der Waals surface area contributed by atoms with Gasteiger partial charge >= 0.3 is 0 Å². The lowest BCUT2D eigenvalue weighted by molar-refractivity contribution is 0.0926.